The number of ether oxygens (including phenoxy) is 1. The van der Waals surface area contributed by atoms with Crippen molar-refractivity contribution < 1.29 is 13.9 Å². The lowest BCUT2D eigenvalue weighted by Gasteiger charge is -2.36. The maximum Gasteiger partial charge on any atom is 0.227 e. The van der Waals surface area contributed by atoms with Gasteiger partial charge in [-0.2, -0.15) is 5.10 Å². The quantitative estimate of drug-likeness (QED) is 0.799. The smallest absolute Gasteiger partial charge is 0.227 e. The van der Waals surface area contributed by atoms with Gasteiger partial charge in [0, 0.05) is 20.2 Å². The van der Waals surface area contributed by atoms with Crippen LogP contribution in [0.3, 0.4) is 0 Å². The third kappa shape index (κ3) is 3.38. The molecule has 1 aromatic heterocycles. The van der Waals surface area contributed by atoms with Crippen LogP contribution in [-0.2, 0) is 28.9 Å². The first kappa shape index (κ1) is 17.2. The minimum atomic E-state index is -0.333. The zero-order valence-electron chi connectivity index (χ0n) is 15.0. The lowest BCUT2D eigenvalue weighted by molar-refractivity contribution is -0.134. The highest BCUT2D eigenvalue weighted by Gasteiger charge is 2.35. The Morgan fingerprint density at radius 2 is 2.15 bits per heavy atom. The second-order valence-corrected chi connectivity index (χ2v) is 7.26. The first-order valence-corrected chi connectivity index (χ1v) is 9.23. The average molecular weight is 357 g/mol. The molecule has 4 rings (SSSR count). The number of fused-ring (bicyclic) bond motifs is 1. The molecule has 1 aliphatic carbocycles. The van der Waals surface area contributed by atoms with Gasteiger partial charge in [-0.3, -0.25) is 9.48 Å². The van der Waals surface area contributed by atoms with Crippen molar-refractivity contribution in [2.75, 3.05) is 20.3 Å². The average Bonchev–Trinajstić information content (AvgIpc) is 3.36. The van der Waals surface area contributed by atoms with Gasteiger partial charge in [0.2, 0.25) is 5.91 Å². The van der Waals surface area contributed by atoms with E-state index in [1.165, 1.54) is 24.5 Å². The third-order valence-electron chi connectivity index (χ3n) is 5.35. The van der Waals surface area contributed by atoms with E-state index in [1.807, 2.05) is 11.1 Å². The second-order valence-electron chi connectivity index (χ2n) is 7.26. The summed E-state index contributed by atoms with van der Waals surface area (Å²) in [5.41, 5.74) is 2.72. The first-order chi connectivity index (χ1) is 12.7. The summed E-state index contributed by atoms with van der Waals surface area (Å²) in [5.74, 6) is 0.300. The maximum atomic E-state index is 14.0. The van der Waals surface area contributed by atoms with Gasteiger partial charge in [0.15, 0.2) is 0 Å². The molecule has 1 aliphatic heterocycles. The van der Waals surface area contributed by atoms with E-state index in [1.54, 1.807) is 25.3 Å². The summed E-state index contributed by atoms with van der Waals surface area (Å²) in [5, 5.41) is 4.57. The molecule has 1 atom stereocenters. The molecule has 0 spiro atoms. The third-order valence-corrected chi connectivity index (χ3v) is 5.35. The number of methoxy groups -OCH3 is 1. The summed E-state index contributed by atoms with van der Waals surface area (Å²) >= 11 is 0. The molecule has 1 fully saturated rings. The molecule has 5 nitrogen and oxygen atoms in total. The number of amides is 1. The summed E-state index contributed by atoms with van der Waals surface area (Å²) in [7, 11) is 1.65. The van der Waals surface area contributed by atoms with E-state index in [2.05, 4.69) is 9.78 Å². The highest BCUT2D eigenvalue weighted by Crippen LogP contribution is 2.35. The number of aromatic nitrogens is 2. The van der Waals surface area contributed by atoms with Gasteiger partial charge in [-0.15, -0.1) is 0 Å². The van der Waals surface area contributed by atoms with Crippen LogP contribution in [0.25, 0.3) is 0 Å². The monoisotopic (exact) mass is 357 g/mol. The number of rotatable bonds is 6. The number of hydrogen-bond donors (Lipinski definition) is 0. The molecule has 0 unspecified atom stereocenters. The van der Waals surface area contributed by atoms with E-state index in [9.17, 15) is 9.18 Å². The van der Waals surface area contributed by atoms with Crippen LogP contribution in [0.2, 0.25) is 0 Å². The van der Waals surface area contributed by atoms with Crippen LogP contribution in [0.1, 0.15) is 35.7 Å². The Hall–Kier alpha value is -2.21. The van der Waals surface area contributed by atoms with Crippen molar-refractivity contribution in [2.45, 2.75) is 38.3 Å². The van der Waals surface area contributed by atoms with E-state index in [0.717, 1.165) is 18.7 Å². The van der Waals surface area contributed by atoms with Crippen LogP contribution >= 0.6 is 0 Å². The molecule has 0 saturated heterocycles. The Bertz CT molecular complexity index is 800. The number of nitrogens with zero attached hydrogens (tertiary/aromatic N) is 3. The molecular formula is C20H24FN3O2. The normalized spacial score (nSPS) is 19.5. The SMILES string of the molecule is COC[C@@H]1c2c(cnn2CC2CC2)CCN1C(=O)Cc1ccccc1F. The van der Waals surface area contributed by atoms with Crippen molar-refractivity contribution >= 4 is 5.91 Å². The molecular weight excluding hydrogens is 333 g/mol. The largest absolute Gasteiger partial charge is 0.382 e. The van der Waals surface area contributed by atoms with Crippen LogP contribution < -0.4 is 0 Å². The lowest BCUT2D eigenvalue weighted by Crippen LogP contribution is -2.43. The zero-order chi connectivity index (χ0) is 18.1. The Morgan fingerprint density at radius 1 is 1.35 bits per heavy atom. The summed E-state index contributed by atoms with van der Waals surface area (Å²) in [4.78, 5) is 14.8. The van der Waals surface area contributed by atoms with Crippen molar-refractivity contribution in [1.82, 2.24) is 14.7 Å². The first-order valence-electron chi connectivity index (χ1n) is 9.23. The molecule has 0 bridgehead atoms. The van der Waals surface area contributed by atoms with Crippen LogP contribution in [-0.4, -0.2) is 40.8 Å². The fourth-order valence-corrected chi connectivity index (χ4v) is 3.78. The molecule has 0 N–H and O–H groups in total. The molecule has 0 radical (unpaired) electrons. The molecule has 6 heteroatoms. The molecule has 1 saturated carbocycles. The van der Waals surface area contributed by atoms with Gasteiger partial charge in [-0.25, -0.2) is 4.39 Å². The Balaban J connectivity index is 1.58. The predicted octanol–water partition coefficient (Wildman–Crippen LogP) is 2.75. The number of halogens is 1. The van der Waals surface area contributed by atoms with Gasteiger partial charge in [0.25, 0.3) is 0 Å². The molecule has 1 aromatic carbocycles. The standard InChI is InChI=1S/C20H24FN3O2/c1-26-13-18-20-16(11-22-24(20)12-14-6-7-14)8-9-23(18)19(25)10-15-4-2-3-5-17(15)21/h2-5,11,14,18H,6-10,12-13H2,1H3/t18-/m1/s1. The van der Waals surface area contributed by atoms with Crippen LogP contribution in [0, 0.1) is 11.7 Å². The molecule has 26 heavy (non-hydrogen) atoms. The highest BCUT2D eigenvalue weighted by atomic mass is 19.1. The van der Waals surface area contributed by atoms with E-state index in [-0.39, 0.29) is 24.2 Å². The van der Waals surface area contributed by atoms with Gasteiger partial charge >= 0.3 is 0 Å². The van der Waals surface area contributed by atoms with Gasteiger partial charge in [0.1, 0.15) is 5.82 Å². The molecule has 138 valence electrons. The van der Waals surface area contributed by atoms with Gasteiger partial charge < -0.3 is 9.64 Å². The topological polar surface area (TPSA) is 47.4 Å². The van der Waals surface area contributed by atoms with Crippen molar-refractivity contribution in [3.63, 3.8) is 0 Å². The zero-order valence-corrected chi connectivity index (χ0v) is 15.0. The van der Waals surface area contributed by atoms with E-state index < -0.39 is 0 Å². The van der Waals surface area contributed by atoms with Crippen molar-refractivity contribution in [3.05, 3.63) is 53.1 Å². The van der Waals surface area contributed by atoms with Crippen LogP contribution in [0.5, 0.6) is 0 Å². The van der Waals surface area contributed by atoms with Crippen molar-refractivity contribution in [2.24, 2.45) is 5.92 Å². The Morgan fingerprint density at radius 3 is 2.88 bits per heavy atom. The molecule has 2 heterocycles. The van der Waals surface area contributed by atoms with E-state index >= 15 is 0 Å². The van der Waals surface area contributed by atoms with Crippen molar-refractivity contribution in [3.8, 4) is 0 Å². The maximum absolute atomic E-state index is 14.0. The second kappa shape index (κ2) is 7.19. The van der Waals surface area contributed by atoms with Crippen molar-refractivity contribution in [1.29, 1.82) is 0 Å². The summed E-state index contributed by atoms with van der Waals surface area (Å²) < 4.78 is 21.4. The minimum absolute atomic E-state index is 0.0676. The van der Waals surface area contributed by atoms with Crippen LogP contribution in [0.4, 0.5) is 4.39 Å². The molecule has 2 aliphatic rings. The van der Waals surface area contributed by atoms with Crippen LogP contribution in [0.15, 0.2) is 30.5 Å². The minimum Gasteiger partial charge on any atom is -0.382 e. The Kier molecular flexibility index (Phi) is 4.76. The van der Waals surface area contributed by atoms with Gasteiger partial charge in [0.05, 0.1) is 31.0 Å². The fraction of sp³-hybridized carbons (Fsp3) is 0.500. The molecule has 2 aromatic rings. The summed E-state index contributed by atoms with van der Waals surface area (Å²) in [6.45, 7) is 1.95. The van der Waals surface area contributed by atoms with E-state index in [0.29, 0.717) is 24.6 Å². The number of carbonyl (C=O) groups is 1. The number of carbonyl (C=O) groups excluding carboxylic acids is 1. The molecule has 1 amide bonds. The van der Waals surface area contributed by atoms with E-state index in [4.69, 9.17) is 4.74 Å². The Labute approximate surface area is 152 Å². The number of benzene rings is 1. The van der Waals surface area contributed by atoms with Gasteiger partial charge in [-0.05, 0) is 42.4 Å². The summed E-state index contributed by atoms with van der Waals surface area (Å²) in [6, 6.07) is 6.31. The number of hydrogen-bond acceptors (Lipinski definition) is 3. The summed E-state index contributed by atoms with van der Waals surface area (Å²) in [6.07, 6.45) is 5.28. The van der Waals surface area contributed by atoms with Gasteiger partial charge in [-0.1, -0.05) is 18.2 Å². The fourth-order valence-electron chi connectivity index (χ4n) is 3.78. The predicted molar refractivity (Wildman–Crippen MR) is 95.1 cm³/mol. The lowest BCUT2D eigenvalue weighted by atomic mass is 9.98. The highest BCUT2D eigenvalue weighted by molar-refractivity contribution is 5.79.